The quantitative estimate of drug-likeness (QED) is 0.571. The molecule has 0 amide bonds. The van der Waals surface area contributed by atoms with E-state index in [1.165, 1.54) is 5.57 Å². The number of hydrogen-bond acceptors (Lipinski definition) is 1. The third-order valence-electron chi connectivity index (χ3n) is 2.37. The highest BCUT2D eigenvalue weighted by atomic mass is 16.3. The Labute approximate surface area is 68.4 Å². The van der Waals surface area contributed by atoms with E-state index >= 15 is 0 Å². The van der Waals surface area contributed by atoms with Gasteiger partial charge in [-0.3, -0.25) is 0 Å². The Hall–Kier alpha value is -0.560. The summed E-state index contributed by atoms with van der Waals surface area (Å²) in [6, 6.07) is 0. The van der Waals surface area contributed by atoms with E-state index in [4.69, 9.17) is 5.11 Å². The zero-order chi connectivity index (χ0) is 8.48. The standard InChI is InChI=1S/C10H16O/c1-8-4-5-9(7-11)10(2,3)6-8/h5,11H,1,4,6-7H2,2-3H3. The smallest absolute Gasteiger partial charge is 0.0647 e. The summed E-state index contributed by atoms with van der Waals surface area (Å²) in [5, 5.41) is 9.01. The summed E-state index contributed by atoms with van der Waals surface area (Å²) >= 11 is 0. The molecule has 1 heteroatoms. The minimum Gasteiger partial charge on any atom is -0.392 e. The Bertz CT molecular complexity index is 199. The fourth-order valence-electron chi connectivity index (χ4n) is 1.63. The molecule has 1 rings (SSSR count). The van der Waals surface area contributed by atoms with E-state index in [1.807, 2.05) is 0 Å². The first-order chi connectivity index (χ1) is 5.06. The van der Waals surface area contributed by atoms with E-state index in [2.05, 4.69) is 26.5 Å². The minimum atomic E-state index is 0.129. The lowest BCUT2D eigenvalue weighted by Crippen LogP contribution is -2.21. The Morgan fingerprint density at radius 1 is 1.64 bits per heavy atom. The molecule has 0 spiro atoms. The van der Waals surface area contributed by atoms with Gasteiger partial charge in [0.1, 0.15) is 0 Å². The van der Waals surface area contributed by atoms with E-state index in [-0.39, 0.29) is 12.0 Å². The first kappa shape index (κ1) is 8.54. The molecule has 0 fully saturated rings. The van der Waals surface area contributed by atoms with Crippen LogP contribution in [-0.2, 0) is 0 Å². The van der Waals surface area contributed by atoms with Crippen molar-refractivity contribution < 1.29 is 5.11 Å². The number of allylic oxidation sites excluding steroid dienone is 2. The first-order valence-electron chi connectivity index (χ1n) is 4.03. The Morgan fingerprint density at radius 2 is 2.27 bits per heavy atom. The maximum Gasteiger partial charge on any atom is 0.0647 e. The van der Waals surface area contributed by atoms with Gasteiger partial charge in [0.05, 0.1) is 6.61 Å². The molecule has 0 radical (unpaired) electrons. The second-order valence-electron chi connectivity index (χ2n) is 3.90. The fraction of sp³-hybridized carbons (Fsp3) is 0.600. The van der Waals surface area contributed by atoms with Crippen LogP contribution < -0.4 is 0 Å². The van der Waals surface area contributed by atoms with Crippen molar-refractivity contribution in [3.05, 3.63) is 23.8 Å². The van der Waals surface area contributed by atoms with E-state index in [0.29, 0.717) is 0 Å². The topological polar surface area (TPSA) is 20.2 Å². The van der Waals surface area contributed by atoms with E-state index in [0.717, 1.165) is 18.4 Å². The molecule has 0 bridgehead atoms. The Kier molecular flexibility index (Phi) is 2.19. The highest BCUT2D eigenvalue weighted by molar-refractivity contribution is 5.24. The maximum atomic E-state index is 9.01. The average molecular weight is 152 g/mol. The van der Waals surface area contributed by atoms with Gasteiger partial charge in [0.15, 0.2) is 0 Å². The van der Waals surface area contributed by atoms with Gasteiger partial charge in [-0.15, -0.1) is 0 Å². The van der Waals surface area contributed by atoms with Gasteiger partial charge in [-0.2, -0.15) is 0 Å². The van der Waals surface area contributed by atoms with Gasteiger partial charge in [0.2, 0.25) is 0 Å². The van der Waals surface area contributed by atoms with Crippen molar-refractivity contribution in [2.45, 2.75) is 26.7 Å². The van der Waals surface area contributed by atoms with Crippen molar-refractivity contribution in [3.8, 4) is 0 Å². The zero-order valence-corrected chi connectivity index (χ0v) is 7.35. The summed E-state index contributed by atoms with van der Waals surface area (Å²) in [6.07, 6.45) is 4.06. The summed E-state index contributed by atoms with van der Waals surface area (Å²) < 4.78 is 0. The zero-order valence-electron chi connectivity index (χ0n) is 7.35. The van der Waals surface area contributed by atoms with E-state index in [9.17, 15) is 0 Å². The lowest BCUT2D eigenvalue weighted by molar-refractivity contribution is 0.280. The van der Waals surface area contributed by atoms with Gasteiger partial charge < -0.3 is 5.11 Å². The predicted octanol–water partition coefficient (Wildman–Crippen LogP) is 2.28. The third kappa shape index (κ3) is 1.72. The van der Waals surface area contributed by atoms with Gasteiger partial charge in [-0.1, -0.05) is 32.1 Å². The van der Waals surface area contributed by atoms with Crippen LogP contribution >= 0.6 is 0 Å². The number of aliphatic hydroxyl groups excluding tert-OH is 1. The van der Waals surface area contributed by atoms with Crippen molar-refractivity contribution in [2.75, 3.05) is 6.61 Å². The van der Waals surface area contributed by atoms with Crippen LogP contribution in [0.25, 0.3) is 0 Å². The first-order valence-corrected chi connectivity index (χ1v) is 4.03. The molecule has 0 heterocycles. The van der Waals surface area contributed by atoms with Crippen molar-refractivity contribution in [3.63, 3.8) is 0 Å². The van der Waals surface area contributed by atoms with E-state index in [1.54, 1.807) is 0 Å². The van der Waals surface area contributed by atoms with Crippen LogP contribution in [0.2, 0.25) is 0 Å². The number of aliphatic hydroxyl groups is 1. The van der Waals surface area contributed by atoms with Crippen LogP contribution in [0.3, 0.4) is 0 Å². The van der Waals surface area contributed by atoms with Gasteiger partial charge in [0, 0.05) is 0 Å². The SMILES string of the molecule is C=C1CC=C(CO)C(C)(C)C1. The molecule has 0 aromatic heterocycles. The van der Waals surface area contributed by atoms with Crippen LogP contribution in [0.5, 0.6) is 0 Å². The van der Waals surface area contributed by atoms with Crippen LogP contribution in [0.4, 0.5) is 0 Å². The monoisotopic (exact) mass is 152 g/mol. The molecular weight excluding hydrogens is 136 g/mol. The van der Waals surface area contributed by atoms with Crippen molar-refractivity contribution in [1.82, 2.24) is 0 Å². The highest BCUT2D eigenvalue weighted by Crippen LogP contribution is 2.37. The molecule has 0 saturated carbocycles. The highest BCUT2D eigenvalue weighted by Gasteiger charge is 2.26. The largest absolute Gasteiger partial charge is 0.392 e. The Morgan fingerprint density at radius 3 is 2.73 bits per heavy atom. The van der Waals surface area contributed by atoms with Crippen molar-refractivity contribution in [1.29, 1.82) is 0 Å². The number of hydrogen-bond donors (Lipinski definition) is 1. The molecule has 0 aromatic carbocycles. The van der Waals surface area contributed by atoms with Gasteiger partial charge in [0.25, 0.3) is 0 Å². The summed E-state index contributed by atoms with van der Waals surface area (Å²) in [4.78, 5) is 0. The molecule has 0 aliphatic heterocycles. The van der Waals surface area contributed by atoms with Crippen molar-refractivity contribution >= 4 is 0 Å². The molecule has 1 aliphatic rings. The predicted molar refractivity (Wildman–Crippen MR) is 47.3 cm³/mol. The molecule has 1 N–H and O–H groups in total. The molecule has 0 aromatic rings. The van der Waals surface area contributed by atoms with E-state index < -0.39 is 0 Å². The minimum absolute atomic E-state index is 0.129. The molecule has 0 saturated heterocycles. The lowest BCUT2D eigenvalue weighted by Gasteiger charge is -2.31. The van der Waals surface area contributed by atoms with Gasteiger partial charge >= 0.3 is 0 Å². The fourth-order valence-corrected chi connectivity index (χ4v) is 1.63. The molecule has 62 valence electrons. The average Bonchev–Trinajstić information content (AvgIpc) is 1.85. The van der Waals surface area contributed by atoms with Crippen LogP contribution in [0, 0.1) is 5.41 Å². The Balaban J connectivity index is 2.85. The van der Waals surface area contributed by atoms with Gasteiger partial charge in [-0.05, 0) is 23.8 Å². The molecule has 1 nitrogen and oxygen atoms in total. The van der Waals surface area contributed by atoms with Crippen molar-refractivity contribution in [2.24, 2.45) is 5.41 Å². The number of rotatable bonds is 1. The van der Waals surface area contributed by atoms with Crippen LogP contribution in [0.15, 0.2) is 23.8 Å². The molecule has 1 aliphatic carbocycles. The summed E-state index contributed by atoms with van der Waals surface area (Å²) in [5.74, 6) is 0. The van der Waals surface area contributed by atoms with Gasteiger partial charge in [-0.25, -0.2) is 0 Å². The van der Waals surface area contributed by atoms with Crippen LogP contribution in [-0.4, -0.2) is 11.7 Å². The third-order valence-corrected chi connectivity index (χ3v) is 2.37. The normalized spacial score (nSPS) is 23.2. The second-order valence-corrected chi connectivity index (χ2v) is 3.90. The summed E-state index contributed by atoms with van der Waals surface area (Å²) in [5.41, 5.74) is 2.56. The summed E-state index contributed by atoms with van der Waals surface area (Å²) in [7, 11) is 0. The molecular formula is C10H16O. The molecule has 0 atom stereocenters. The molecule has 0 unspecified atom stereocenters. The molecule has 11 heavy (non-hydrogen) atoms. The lowest BCUT2D eigenvalue weighted by atomic mass is 9.74. The van der Waals surface area contributed by atoms with Crippen LogP contribution in [0.1, 0.15) is 26.7 Å². The summed E-state index contributed by atoms with van der Waals surface area (Å²) in [6.45, 7) is 8.45. The second kappa shape index (κ2) is 2.82. The maximum absolute atomic E-state index is 9.01.